The van der Waals surface area contributed by atoms with Gasteiger partial charge in [0.1, 0.15) is 0 Å². The molecule has 3 rings (SSSR count). The Balaban J connectivity index is 2.11. The molecule has 0 aromatic heterocycles. The Hall–Kier alpha value is -2.61. The summed E-state index contributed by atoms with van der Waals surface area (Å²) in [5.41, 5.74) is 4.58. The molecule has 1 amide bonds. The van der Waals surface area contributed by atoms with Crippen molar-refractivity contribution in [1.82, 2.24) is 0 Å². The Bertz CT molecular complexity index is 928. The first kappa shape index (κ1) is 18.2. The molecule has 0 fully saturated rings. The first-order valence-electron chi connectivity index (χ1n) is 9.37. The lowest BCUT2D eigenvalue weighted by Crippen LogP contribution is -2.35. The molecule has 0 saturated heterocycles. The van der Waals surface area contributed by atoms with Gasteiger partial charge < -0.3 is 4.90 Å². The van der Waals surface area contributed by atoms with E-state index in [0.717, 1.165) is 17.7 Å². The van der Waals surface area contributed by atoms with E-state index in [9.17, 15) is 4.79 Å². The monoisotopic (exact) mass is 345 g/mol. The lowest BCUT2D eigenvalue weighted by molar-refractivity contribution is -0.122. The second kappa shape index (κ2) is 7.74. The van der Waals surface area contributed by atoms with Crippen LogP contribution in [0.5, 0.6) is 0 Å². The van der Waals surface area contributed by atoms with Gasteiger partial charge in [0.2, 0.25) is 5.91 Å². The molecular weight excluding hydrogens is 318 g/mol. The van der Waals surface area contributed by atoms with Crippen LogP contribution >= 0.6 is 0 Å². The van der Waals surface area contributed by atoms with Crippen molar-refractivity contribution in [3.05, 3.63) is 77.4 Å². The number of amides is 1. The molecule has 2 heteroatoms. The van der Waals surface area contributed by atoms with Crippen LogP contribution in [0.2, 0.25) is 0 Å². The minimum atomic E-state index is 0.00453. The average molecular weight is 345 g/mol. The van der Waals surface area contributed by atoms with Gasteiger partial charge in [-0.15, -0.1) is 0 Å². The molecule has 1 atom stereocenters. The van der Waals surface area contributed by atoms with Gasteiger partial charge in [-0.25, -0.2) is 0 Å². The van der Waals surface area contributed by atoms with E-state index in [1.807, 2.05) is 24.0 Å². The van der Waals surface area contributed by atoms with Gasteiger partial charge >= 0.3 is 0 Å². The van der Waals surface area contributed by atoms with Crippen LogP contribution in [0.25, 0.3) is 10.8 Å². The molecule has 0 saturated carbocycles. The number of carbonyl (C=O) groups excluding carboxylic acids is 1. The summed E-state index contributed by atoms with van der Waals surface area (Å²) in [6.45, 7) is 8.89. The molecule has 0 N–H and O–H groups in total. The molecule has 0 bridgehead atoms. The highest BCUT2D eigenvalue weighted by Gasteiger charge is 2.23. The van der Waals surface area contributed by atoms with E-state index in [-0.39, 0.29) is 11.8 Å². The number of para-hydroxylation sites is 1. The van der Waals surface area contributed by atoms with Crippen molar-refractivity contribution in [2.75, 3.05) is 4.90 Å². The summed E-state index contributed by atoms with van der Waals surface area (Å²) in [6.07, 6.45) is 0.843. The minimum absolute atomic E-state index is 0.00453. The smallest absolute Gasteiger partial charge is 0.230 e. The van der Waals surface area contributed by atoms with E-state index in [1.54, 1.807) is 0 Å². The SMILES string of the molecule is CC[C@H](C)C(=O)N(Cc1c(C)ccc2ccccc12)c1ccccc1C. The molecule has 0 unspecified atom stereocenters. The zero-order chi connectivity index (χ0) is 18.7. The van der Waals surface area contributed by atoms with Crippen LogP contribution in [0.4, 0.5) is 5.69 Å². The van der Waals surface area contributed by atoms with Crippen LogP contribution in [-0.2, 0) is 11.3 Å². The fourth-order valence-corrected chi connectivity index (χ4v) is 3.40. The molecule has 3 aromatic rings. The summed E-state index contributed by atoms with van der Waals surface area (Å²) < 4.78 is 0. The van der Waals surface area contributed by atoms with Crippen LogP contribution in [0.15, 0.2) is 60.7 Å². The molecule has 134 valence electrons. The Kier molecular flexibility index (Phi) is 5.41. The number of hydrogen-bond acceptors (Lipinski definition) is 1. The van der Waals surface area contributed by atoms with E-state index < -0.39 is 0 Å². The van der Waals surface area contributed by atoms with Gasteiger partial charge in [0.25, 0.3) is 0 Å². The predicted molar refractivity (Wildman–Crippen MR) is 111 cm³/mol. The lowest BCUT2D eigenvalue weighted by Gasteiger charge is -2.28. The Morgan fingerprint density at radius 3 is 2.35 bits per heavy atom. The zero-order valence-corrected chi connectivity index (χ0v) is 16.1. The Labute approximate surface area is 156 Å². The molecule has 0 radical (unpaired) electrons. The zero-order valence-electron chi connectivity index (χ0n) is 16.1. The highest BCUT2D eigenvalue weighted by molar-refractivity contribution is 5.96. The van der Waals surface area contributed by atoms with Crippen molar-refractivity contribution >= 4 is 22.4 Å². The molecule has 3 aromatic carbocycles. The summed E-state index contributed by atoms with van der Waals surface area (Å²) in [7, 11) is 0. The predicted octanol–water partition coefficient (Wildman–Crippen LogP) is 6.04. The highest BCUT2D eigenvalue weighted by Crippen LogP contribution is 2.29. The maximum atomic E-state index is 13.2. The molecular formula is C24H27NO. The molecule has 0 aliphatic heterocycles. The molecule has 0 aliphatic carbocycles. The number of rotatable bonds is 5. The maximum Gasteiger partial charge on any atom is 0.230 e. The van der Waals surface area contributed by atoms with Crippen molar-refractivity contribution < 1.29 is 4.79 Å². The lowest BCUT2D eigenvalue weighted by atomic mass is 9.98. The van der Waals surface area contributed by atoms with Crippen LogP contribution in [0, 0.1) is 19.8 Å². The summed E-state index contributed by atoms with van der Waals surface area (Å²) in [6, 6.07) is 20.9. The Morgan fingerprint density at radius 2 is 1.62 bits per heavy atom. The van der Waals surface area contributed by atoms with E-state index in [4.69, 9.17) is 0 Å². The fourth-order valence-electron chi connectivity index (χ4n) is 3.40. The number of nitrogens with zero attached hydrogens (tertiary/aromatic N) is 1. The second-order valence-corrected chi connectivity index (χ2v) is 7.10. The molecule has 0 aliphatic rings. The van der Waals surface area contributed by atoms with Crippen molar-refractivity contribution in [1.29, 1.82) is 0 Å². The first-order chi connectivity index (χ1) is 12.5. The second-order valence-electron chi connectivity index (χ2n) is 7.10. The van der Waals surface area contributed by atoms with Crippen molar-refractivity contribution in [2.24, 2.45) is 5.92 Å². The topological polar surface area (TPSA) is 20.3 Å². The third kappa shape index (κ3) is 3.50. The highest BCUT2D eigenvalue weighted by atomic mass is 16.2. The molecule has 26 heavy (non-hydrogen) atoms. The van der Waals surface area contributed by atoms with E-state index in [0.29, 0.717) is 6.54 Å². The number of carbonyl (C=O) groups is 1. The first-order valence-corrected chi connectivity index (χ1v) is 9.37. The van der Waals surface area contributed by atoms with E-state index in [2.05, 4.69) is 69.3 Å². The number of aryl methyl sites for hydroxylation is 2. The van der Waals surface area contributed by atoms with Gasteiger partial charge in [-0.05, 0) is 53.8 Å². The third-order valence-corrected chi connectivity index (χ3v) is 5.30. The summed E-state index contributed by atoms with van der Waals surface area (Å²) >= 11 is 0. The van der Waals surface area contributed by atoms with Gasteiger partial charge in [0, 0.05) is 11.6 Å². The fraction of sp³-hybridized carbons (Fsp3) is 0.292. The average Bonchev–Trinajstić information content (AvgIpc) is 2.67. The molecule has 0 spiro atoms. The third-order valence-electron chi connectivity index (χ3n) is 5.30. The molecule has 2 nitrogen and oxygen atoms in total. The standard InChI is InChI=1S/C24H27NO/c1-5-17(2)24(26)25(23-13-9-6-10-19(23)4)16-22-18(3)14-15-20-11-7-8-12-21(20)22/h6-15,17H,5,16H2,1-4H3/t17-/m0/s1. The Morgan fingerprint density at radius 1 is 0.923 bits per heavy atom. The number of anilines is 1. The minimum Gasteiger partial charge on any atom is -0.307 e. The van der Waals surface area contributed by atoms with Gasteiger partial charge in [-0.3, -0.25) is 4.79 Å². The van der Waals surface area contributed by atoms with Gasteiger partial charge in [-0.1, -0.05) is 68.4 Å². The largest absolute Gasteiger partial charge is 0.307 e. The van der Waals surface area contributed by atoms with Gasteiger partial charge in [0.15, 0.2) is 0 Å². The summed E-state index contributed by atoms with van der Waals surface area (Å²) in [5, 5.41) is 2.44. The summed E-state index contributed by atoms with van der Waals surface area (Å²) in [5.74, 6) is 0.194. The number of benzene rings is 3. The normalized spacial score (nSPS) is 12.2. The van der Waals surface area contributed by atoms with Crippen LogP contribution in [-0.4, -0.2) is 5.91 Å². The van der Waals surface area contributed by atoms with Gasteiger partial charge in [-0.2, -0.15) is 0 Å². The van der Waals surface area contributed by atoms with Crippen LogP contribution in [0.3, 0.4) is 0 Å². The number of hydrogen-bond donors (Lipinski definition) is 0. The summed E-state index contributed by atoms with van der Waals surface area (Å²) in [4.78, 5) is 15.2. The number of fused-ring (bicyclic) bond motifs is 1. The quantitative estimate of drug-likeness (QED) is 0.552. The maximum absolute atomic E-state index is 13.2. The van der Waals surface area contributed by atoms with E-state index >= 15 is 0 Å². The van der Waals surface area contributed by atoms with Crippen LogP contribution in [0.1, 0.15) is 37.0 Å². The van der Waals surface area contributed by atoms with Crippen molar-refractivity contribution in [2.45, 2.75) is 40.7 Å². The molecule has 0 heterocycles. The van der Waals surface area contributed by atoms with Crippen molar-refractivity contribution in [3.8, 4) is 0 Å². The van der Waals surface area contributed by atoms with Crippen molar-refractivity contribution in [3.63, 3.8) is 0 Å². The van der Waals surface area contributed by atoms with Crippen LogP contribution < -0.4 is 4.90 Å². The van der Waals surface area contributed by atoms with Gasteiger partial charge in [0.05, 0.1) is 6.54 Å². The van der Waals surface area contributed by atoms with E-state index in [1.165, 1.54) is 21.9 Å².